The molecule has 0 saturated heterocycles. The Kier molecular flexibility index (Phi) is 12.1. The van der Waals surface area contributed by atoms with E-state index in [2.05, 4.69) is 20.7 Å². The lowest BCUT2D eigenvalue weighted by atomic mass is 10.2. The van der Waals surface area contributed by atoms with Crippen LogP contribution >= 0.6 is 24.0 Å². The number of halogens is 1. The molecule has 9 heteroatoms. The summed E-state index contributed by atoms with van der Waals surface area (Å²) < 4.78 is 7.23. The Morgan fingerprint density at radius 3 is 2.67 bits per heavy atom. The molecular weight excluding hydrogens is 495 g/mol. The number of carbonyl (C=O) groups is 1. The van der Waals surface area contributed by atoms with Crippen LogP contribution in [0.15, 0.2) is 41.5 Å². The van der Waals surface area contributed by atoms with Crippen LogP contribution in [0, 0.1) is 6.92 Å². The van der Waals surface area contributed by atoms with Crippen LogP contribution in [0.2, 0.25) is 0 Å². The predicted octanol–water partition coefficient (Wildman–Crippen LogP) is 2.35. The van der Waals surface area contributed by atoms with Crippen LogP contribution in [0.3, 0.4) is 0 Å². The number of ether oxygens (including phenoxy) is 1. The molecule has 0 unspecified atom stereocenters. The van der Waals surface area contributed by atoms with E-state index in [1.165, 1.54) is 0 Å². The number of likely N-dealkylation sites (N-methyl/N-ethyl adjacent to an activating group) is 1. The number of aromatic nitrogens is 2. The van der Waals surface area contributed by atoms with Crippen LogP contribution < -0.4 is 10.6 Å². The van der Waals surface area contributed by atoms with Crippen molar-refractivity contribution in [3.63, 3.8) is 0 Å². The zero-order valence-corrected chi connectivity index (χ0v) is 20.6. The molecule has 0 bridgehead atoms. The van der Waals surface area contributed by atoms with Gasteiger partial charge in [-0.15, -0.1) is 24.0 Å². The second kappa shape index (κ2) is 14.0. The van der Waals surface area contributed by atoms with E-state index >= 15 is 0 Å². The molecular formula is C21H33IN6O2. The second-order valence-electron chi connectivity index (χ2n) is 6.81. The van der Waals surface area contributed by atoms with Gasteiger partial charge in [0.1, 0.15) is 0 Å². The Hall–Kier alpha value is -2.14. The standard InChI is InChI=1S/C21H32N6O2.HI/c1-5-29-14-8-12-22-21(24-16-20(28)26(3)4)23-15-18-9-6-7-10-19(18)27-13-11-17(2)25-27;/h6-7,9-11,13H,5,8,12,14-16H2,1-4H3,(H2,22,23,24);1H. The van der Waals surface area contributed by atoms with Crippen molar-refractivity contribution < 1.29 is 9.53 Å². The van der Waals surface area contributed by atoms with Crippen molar-refractivity contribution in [1.82, 2.24) is 25.3 Å². The molecule has 0 spiro atoms. The number of nitrogens with one attached hydrogen (secondary N) is 2. The number of guanidine groups is 1. The van der Waals surface area contributed by atoms with E-state index in [0.29, 0.717) is 32.3 Å². The van der Waals surface area contributed by atoms with E-state index in [1.54, 1.807) is 19.0 Å². The van der Waals surface area contributed by atoms with Crippen LogP contribution in [0.1, 0.15) is 24.6 Å². The van der Waals surface area contributed by atoms with Gasteiger partial charge in [0.2, 0.25) is 5.91 Å². The van der Waals surface area contributed by atoms with Gasteiger partial charge in [0.05, 0.1) is 24.5 Å². The Bertz CT molecular complexity index is 806. The van der Waals surface area contributed by atoms with Crippen molar-refractivity contribution in [3.05, 3.63) is 47.8 Å². The minimum atomic E-state index is -0.0127. The Labute approximate surface area is 196 Å². The topological polar surface area (TPSA) is 83.8 Å². The number of amides is 1. The lowest BCUT2D eigenvalue weighted by Crippen LogP contribution is -2.43. The number of aryl methyl sites for hydroxylation is 1. The van der Waals surface area contributed by atoms with E-state index < -0.39 is 0 Å². The summed E-state index contributed by atoms with van der Waals surface area (Å²) in [7, 11) is 3.47. The minimum Gasteiger partial charge on any atom is -0.382 e. The predicted molar refractivity (Wildman–Crippen MR) is 131 cm³/mol. The fourth-order valence-corrected chi connectivity index (χ4v) is 2.60. The molecule has 0 atom stereocenters. The minimum absolute atomic E-state index is 0. The number of aliphatic imine (C=N–C) groups is 1. The van der Waals surface area contributed by atoms with Crippen molar-refractivity contribution in [2.45, 2.75) is 26.8 Å². The van der Waals surface area contributed by atoms with Gasteiger partial charge in [-0.3, -0.25) is 4.79 Å². The summed E-state index contributed by atoms with van der Waals surface area (Å²) in [6.45, 7) is 6.70. The lowest BCUT2D eigenvalue weighted by molar-refractivity contribution is -0.127. The monoisotopic (exact) mass is 528 g/mol. The number of carbonyl (C=O) groups excluding carboxylic acids is 1. The third-order valence-corrected chi connectivity index (χ3v) is 4.24. The smallest absolute Gasteiger partial charge is 0.241 e. The molecule has 0 radical (unpaired) electrons. The lowest BCUT2D eigenvalue weighted by Gasteiger charge is -2.15. The third kappa shape index (κ3) is 8.70. The highest BCUT2D eigenvalue weighted by Gasteiger charge is 2.08. The van der Waals surface area contributed by atoms with Crippen LogP contribution in [-0.2, 0) is 16.1 Å². The molecule has 2 rings (SSSR count). The van der Waals surface area contributed by atoms with Crippen LogP contribution in [0.5, 0.6) is 0 Å². The van der Waals surface area contributed by atoms with Gasteiger partial charge in [0.25, 0.3) is 0 Å². The molecule has 2 aromatic rings. The van der Waals surface area contributed by atoms with Gasteiger partial charge >= 0.3 is 0 Å². The van der Waals surface area contributed by atoms with E-state index in [1.807, 2.05) is 55.1 Å². The zero-order valence-electron chi connectivity index (χ0n) is 18.2. The average molecular weight is 528 g/mol. The van der Waals surface area contributed by atoms with Crippen molar-refractivity contribution in [2.75, 3.05) is 40.4 Å². The maximum atomic E-state index is 11.9. The summed E-state index contributed by atoms with van der Waals surface area (Å²) in [5.74, 6) is 0.587. The van der Waals surface area contributed by atoms with E-state index in [4.69, 9.17) is 4.74 Å². The van der Waals surface area contributed by atoms with Crippen LogP contribution in [0.25, 0.3) is 5.69 Å². The summed E-state index contributed by atoms with van der Waals surface area (Å²) in [6, 6.07) is 10.0. The molecule has 1 heterocycles. The molecule has 166 valence electrons. The highest BCUT2D eigenvalue weighted by atomic mass is 127. The molecule has 30 heavy (non-hydrogen) atoms. The van der Waals surface area contributed by atoms with Crippen LogP contribution in [0.4, 0.5) is 0 Å². The second-order valence-corrected chi connectivity index (χ2v) is 6.81. The van der Waals surface area contributed by atoms with Crippen molar-refractivity contribution in [1.29, 1.82) is 0 Å². The number of rotatable bonds is 10. The first-order valence-electron chi connectivity index (χ1n) is 9.92. The number of hydrogen-bond donors (Lipinski definition) is 2. The van der Waals surface area contributed by atoms with Crippen molar-refractivity contribution >= 4 is 35.8 Å². The molecule has 0 aliphatic rings. The summed E-state index contributed by atoms with van der Waals surface area (Å²) in [6.07, 6.45) is 2.80. The van der Waals surface area contributed by atoms with Gasteiger partial charge in [-0.05, 0) is 38.0 Å². The zero-order chi connectivity index (χ0) is 21.1. The fraction of sp³-hybridized carbons (Fsp3) is 0.476. The first kappa shape index (κ1) is 25.9. The molecule has 0 aliphatic heterocycles. The maximum absolute atomic E-state index is 11.9. The molecule has 2 N–H and O–H groups in total. The van der Waals surface area contributed by atoms with Gasteiger partial charge in [0, 0.05) is 40.1 Å². The van der Waals surface area contributed by atoms with Gasteiger partial charge < -0.3 is 20.3 Å². The SMILES string of the molecule is CCOCCCNC(=NCc1ccccc1-n1ccc(C)n1)NCC(=O)N(C)C.I. The van der Waals surface area contributed by atoms with Gasteiger partial charge in [-0.25, -0.2) is 9.67 Å². The number of para-hydroxylation sites is 1. The first-order valence-corrected chi connectivity index (χ1v) is 9.92. The summed E-state index contributed by atoms with van der Waals surface area (Å²) in [5, 5.41) is 10.9. The Morgan fingerprint density at radius 1 is 1.23 bits per heavy atom. The van der Waals surface area contributed by atoms with E-state index in [0.717, 1.165) is 23.4 Å². The van der Waals surface area contributed by atoms with Gasteiger partial charge in [-0.1, -0.05) is 18.2 Å². The molecule has 0 fully saturated rings. The van der Waals surface area contributed by atoms with E-state index in [9.17, 15) is 4.79 Å². The van der Waals surface area contributed by atoms with Crippen LogP contribution in [-0.4, -0.2) is 66.9 Å². The largest absolute Gasteiger partial charge is 0.382 e. The first-order chi connectivity index (χ1) is 14.0. The molecule has 0 aliphatic carbocycles. The average Bonchev–Trinajstić information content (AvgIpc) is 3.15. The number of benzene rings is 1. The normalized spacial score (nSPS) is 11.0. The summed E-state index contributed by atoms with van der Waals surface area (Å²) >= 11 is 0. The Morgan fingerprint density at radius 2 is 2.00 bits per heavy atom. The quantitative estimate of drug-likeness (QED) is 0.214. The number of hydrogen-bond acceptors (Lipinski definition) is 4. The molecule has 0 saturated carbocycles. The Balaban J connectivity index is 0.00000450. The van der Waals surface area contributed by atoms with Crippen molar-refractivity contribution in [2.24, 2.45) is 4.99 Å². The molecule has 1 aromatic carbocycles. The summed E-state index contributed by atoms with van der Waals surface area (Å²) in [4.78, 5) is 18.2. The molecule has 8 nitrogen and oxygen atoms in total. The van der Waals surface area contributed by atoms with E-state index in [-0.39, 0.29) is 36.4 Å². The fourth-order valence-electron chi connectivity index (χ4n) is 2.60. The van der Waals surface area contributed by atoms with Gasteiger partial charge in [0.15, 0.2) is 5.96 Å². The molecule has 1 amide bonds. The highest BCUT2D eigenvalue weighted by molar-refractivity contribution is 14.0. The third-order valence-electron chi connectivity index (χ3n) is 4.24. The highest BCUT2D eigenvalue weighted by Crippen LogP contribution is 2.15. The number of nitrogens with zero attached hydrogens (tertiary/aromatic N) is 4. The van der Waals surface area contributed by atoms with Crippen molar-refractivity contribution in [3.8, 4) is 5.69 Å². The molecule has 1 aromatic heterocycles. The summed E-state index contributed by atoms with van der Waals surface area (Å²) in [5.41, 5.74) is 3.00. The maximum Gasteiger partial charge on any atom is 0.241 e. The van der Waals surface area contributed by atoms with Gasteiger partial charge in [-0.2, -0.15) is 5.10 Å².